The molecule has 0 aliphatic heterocycles. The van der Waals surface area contributed by atoms with Gasteiger partial charge in [-0.25, -0.2) is 4.98 Å². The highest BCUT2D eigenvalue weighted by molar-refractivity contribution is 5.74. The van der Waals surface area contributed by atoms with Crippen LogP contribution in [0.5, 0.6) is 0 Å². The van der Waals surface area contributed by atoms with Crippen LogP contribution < -0.4 is 0 Å². The predicted octanol–water partition coefficient (Wildman–Crippen LogP) is 1.41. The summed E-state index contributed by atoms with van der Waals surface area (Å²) < 4.78 is 2.01. The van der Waals surface area contributed by atoms with Crippen molar-refractivity contribution < 1.29 is 9.90 Å². The molecule has 0 spiro atoms. The first-order valence-corrected chi connectivity index (χ1v) is 4.44. The Balaban J connectivity index is 2.16. The summed E-state index contributed by atoms with van der Waals surface area (Å²) in [5.74, 6) is -1.32. The highest BCUT2D eigenvalue weighted by Gasteiger charge is 2.25. The molecule has 0 bridgehead atoms. The van der Waals surface area contributed by atoms with E-state index in [1.807, 2.05) is 10.8 Å². The number of hydrogen-bond acceptors (Lipinski definition) is 2. The largest absolute Gasteiger partial charge is 0.481 e. The molecule has 0 aromatic carbocycles. The van der Waals surface area contributed by atoms with Gasteiger partial charge in [-0.1, -0.05) is 0 Å². The Labute approximate surface area is 76.2 Å². The van der Waals surface area contributed by atoms with Crippen molar-refractivity contribution in [3.63, 3.8) is 0 Å². The molecule has 1 heterocycles. The van der Waals surface area contributed by atoms with Crippen LogP contribution in [0.3, 0.4) is 0 Å². The molecule has 0 radical (unpaired) electrons. The maximum absolute atomic E-state index is 10.6. The molecule has 1 fully saturated rings. The molecule has 1 unspecified atom stereocenters. The number of hydrogen-bond donors (Lipinski definition) is 1. The van der Waals surface area contributed by atoms with E-state index in [4.69, 9.17) is 5.11 Å². The summed E-state index contributed by atoms with van der Waals surface area (Å²) in [5, 5.41) is 8.75. The average Bonchev–Trinajstić information content (AvgIpc) is 2.83. The van der Waals surface area contributed by atoms with Gasteiger partial charge in [-0.3, -0.25) is 4.79 Å². The molecule has 13 heavy (non-hydrogen) atoms. The number of aliphatic carboxylic acids is 1. The summed E-state index contributed by atoms with van der Waals surface area (Å²) in [6.07, 6.45) is 5.96. The first-order chi connectivity index (χ1) is 6.18. The van der Waals surface area contributed by atoms with Crippen molar-refractivity contribution >= 4 is 5.97 Å². The number of nitrogens with zero attached hydrogens (tertiary/aromatic N) is 2. The van der Waals surface area contributed by atoms with Crippen molar-refractivity contribution in [2.75, 3.05) is 0 Å². The second kappa shape index (κ2) is 2.87. The van der Waals surface area contributed by atoms with Crippen LogP contribution in [-0.4, -0.2) is 20.6 Å². The Kier molecular flexibility index (Phi) is 1.83. The van der Waals surface area contributed by atoms with Gasteiger partial charge in [-0.05, 0) is 19.8 Å². The third kappa shape index (κ3) is 1.56. The lowest BCUT2D eigenvalue weighted by Gasteiger charge is -2.00. The lowest BCUT2D eigenvalue weighted by molar-refractivity contribution is -0.138. The zero-order valence-corrected chi connectivity index (χ0v) is 7.47. The SMILES string of the molecule is CC(C(=O)O)c1cn(C2CC2)cn1. The molecular formula is C9H12N2O2. The van der Waals surface area contributed by atoms with Gasteiger partial charge in [0, 0.05) is 12.2 Å². The van der Waals surface area contributed by atoms with Gasteiger partial charge in [-0.2, -0.15) is 0 Å². The van der Waals surface area contributed by atoms with Crippen LogP contribution in [0.25, 0.3) is 0 Å². The fraction of sp³-hybridized carbons (Fsp3) is 0.556. The van der Waals surface area contributed by atoms with E-state index < -0.39 is 11.9 Å². The minimum Gasteiger partial charge on any atom is -0.481 e. The van der Waals surface area contributed by atoms with Gasteiger partial charge in [0.05, 0.1) is 17.9 Å². The summed E-state index contributed by atoms with van der Waals surface area (Å²) >= 11 is 0. The molecule has 1 aliphatic carbocycles. The molecular weight excluding hydrogens is 168 g/mol. The standard InChI is InChI=1S/C9H12N2O2/c1-6(9(12)13)8-4-11(5-10-8)7-2-3-7/h4-7H,2-3H2,1H3,(H,12,13). The molecule has 2 rings (SSSR count). The molecule has 4 heteroatoms. The third-order valence-electron chi connectivity index (χ3n) is 2.40. The molecule has 70 valence electrons. The number of imidazole rings is 1. The van der Waals surface area contributed by atoms with Gasteiger partial charge < -0.3 is 9.67 Å². The summed E-state index contributed by atoms with van der Waals surface area (Å²) in [4.78, 5) is 14.7. The number of carboxylic acid groups (broad SMARTS) is 1. The summed E-state index contributed by atoms with van der Waals surface area (Å²) in [5.41, 5.74) is 0.652. The van der Waals surface area contributed by atoms with Gasteiger partial charge in [0.2, 0.25) is 0 Å². The van der Waals surface area contributed by atoms with E-state index >= 15 is 0 Å². The molecule has 1 atom stereocenters. The number of carbonyl (C=O) groups is 1. The van der Waals surface area contributed by atoms with E-state index in [1.54, 1.807) is 13.3 Å². The minimum atomic E-state index is -0.818. The highest BCUT2D eigenvalue weighted by atomic mass is 16.4. The number of aromatic nitrogens is 2. The van der Waals surface area contributed by atoms with Crippen molar-refractivity contribution in [3.05, 3.63) is 18.2 Å². The monoisotopic (exact) mass is 180 g/mol. The van der Waals surface area contributed by atoms with Crippen LogP contribution in [0.4, 0.5) is 0 Å². The van der Waals surface area contributed by atoms with Gasteiger partial charge >= 0.3 is 5.97 Å². The molecule has 1 saturated carbocycles. The molecule has 1 aliphatic rings. The van der Waals surface area contributed by atoms with Crippen LogP contribution in [0.15, 0.2) is 12.5 Å². The Morgan fingerprint density at radius 1 is 1.77 bits per heavy atom. The number of rotatable bonds is 3. The Morgan fingerprint density at radius 2 is 2.46 bits per heavy atom. The van der Waals surface area contributed by atoms with Crippen molar-refractivity contribution in [2.45, 2.75) is 31.7 Å². The van der Waals surface area contributed by atoms with E-state index in [0.29, 0.717) is 11.7 Å². The van der Waals surface area contributed by atoms with E-state index in [2.05, 4.69) is 4.98 Å². The number of carboxylic acids is 1. The van der Waals surface area contributed by atoms with Crippen LogP contribution in [0.1, 0.15) is 37.4 Å². The van der Waals surface area contributed by atoms with Crippen LogP contribution >= 0.6 is 0 Å². The average molecular weight is 180 g/mol. The lowest BCUT2D eigenvalue weighted by atomic mass is 10.1. The molecule has 1 aromatic heterocycles. The zero-order chi connectivity index (χ0) is 9.42. The van der Waals surface area contributed by atoms with E-state index in [0.717, 1.165) is 0 Å². The van der Waals surface area contributed by atoms with Gasteiger partial charge in [0.15, 0.2) is 0 Å². The quantitative estimate of drug-likeness (QED) is 0.765. The van der Waals surface area contributed by atoms with Crippen LogP contribution in [-0.2, 0) is 4.79 Å². The van der Waals surface area contributed by atoms with E-state index in [-0.39, 0.29) is 0 Å². The molecule has 1 aromatic rings. The smallest absolute Gasteiger partial charge is 0.312 e. The van der Waals surface area contributed by atoms with Crippen molar-refractivity contribution in [3.8, 4) is 0 Å². The van der Waals surface area contributed by atoms with Crippen molar-refractivity contribution in [1.82, 2.24) is 9.55 Å². The van der Waals surface area contributed by atoms with Crippen LogP contribution in [0.2, 0.25) is 0 Å². The van der Waals surface area contributed by atoms with E-state index in [9.17, 15) is 4.79 Å². The predicted molar refractivity (Wildman–Crippen MR) is 46.5 cm³/mol. The maximum Gasteiger partial charge on any atom is 0.312 e. The second-order valence-corrected chi connectivity index (χ2v) is 3.54. The molecule has 0 saturated heterocycles. The van der Waals surface area contributed by atoms with Crippen LogP contribution in [0, 0.1) is 0 Å². The van der Waals surface area contributed by atoms with E-state index in [1.165, 1.54) is 12.8 Å². The third-order valence-corrected chi connectivity index (χ3v) is 2.40. The maximum atomic E-state index is 10.6. The summed E-state index contributed by atoms with van der Waals surface area (Å²) in [6.45, 7) is 1.65. The fourth-order valence-corrected chi connectivity index (χ4v) is 1.28. The van der Waals surface area contributed by atoms with Crippen molar-refractivity contribution in [2.24, 2.45) is 0 Å². The van der Waals surface area contributed by atoms with Gasteiger partial charge in [0.25, 0.3) is 0 Å². The Morgan fingerprint density at radius 3 is 3.00 bits per heavy atom. The van der Waals surface area contributed by atoms with Gasteiger partial charge in [0.1, 0.15) is 0 Å². The minimum absolute atomic E-state index is 0.500. The normalized spacial score (nSPS) is 18.5. The Bertz CT molecular complexity index is 328. The highest BCUT2D eigenvalue weighted by Crippen LogP contribution is 2.35. The first-order valence-electron chi connectivity index (χ1n) is 4.44. The second-order valence-electron chi connectivity index (χ2n) is 3.54. The topological polar surface area (TPSA) is 55.1 Å². The zero-order valence-electron chi connectivity index (χ0n) is 7.47. The van der Waals surface area contributed by atoms with Gasteiger partial charge in [-0.15, -0.1) is 0 Å². The Hall–Kier alpha value is -1.32. The lowest BCUT2D eigenvalue weighted by Crippen LogP contribution is -2.07. The first kappa shape index (κ1) is 8.29. The molecule has 0 amide bonds. The fourth-order valence-electron chi connectivity index (χ4n) is 1.28. The summed E-state index contributed by atoms with van der Waals surface area (Å²) in [6, 6.07) is 0.572. The van der Waals surface area contributed by atoms with Crippen molar-refractivity contribution in [1.29, 1.82) is 0 Å². The summed E-state index contributed by atoms with van der Waals surface area (Å²) in [7, 11) is 0. The molecule has 1 N–H and O–H groups in total. The molecule has 4 nitrogen and oxygen atoms in total.